The van der Waals surface area contributed by atoms with E-state index < -0.39 is 0 Å². The normalized spacial score (nSPS) is 14.5. The molecule has 1 N–H and O–H groups in total. The van der Waals surface area contributed by atoms with Crippen LogP contribution in [0.25, 0.3) is 10.9 Å². The molecule has 140 valence electrons. The van der Waals surface area contributed by atoms with Crippen molar-refractivity contribution in [2.75, 3.05) is 6.54 Å². The predicted octanol–water partition coefficient (Wildman–Crippen LogP) is 5.81. The highest BCUT2D eigenvalue weighted by atomic mass is 19.1. The number of para-hydroxylation sites is 1. The Bertz CT molecular complexity index is 921. The first-order valence-corrected chi connectivity index (χ1v) is 9.99. The highest BCUT2D eigenvalue weighted by Crippen LogP contribution is 2.23. The minimum absolute atomic E-state index is 0.186. The number of halogens is 1. The fraction of sp³-hybridized carbons (Fsp3) is 0.333. The molecule has 2 aromatic carbocycles. The molecule has 27 heavy (non-hydrogen) atoms. The Balaban J connectivity index is 1.44. The highest BCUT2D eigenvalue weighted by molar-refractivity contribution is 5.84. The zero-order chi connectivity index (χ0) is 18.5. The summed E-state index contributed by atoms with van der Waals surface area (Å²) in [6, 6.07) is 15.3. The lowest BCUT2D eigenvalue weighted by atomic mass is 9.97. The van der Waals surface area contributed by atoms with Crippen LogP contribution in [-0.4, -0.2) is 11.1 Å². The minimum Gasteiger partial charge on any atom is -0.343 e. The molecule has 0 radical (unpaired) electrons. The van der Waals surface area contributed by atoms with Crippen LogP contribution in [-0.2, 0) is 13.1 Å². The van der Waals surface area contributed by atoms with Crippen LogP contribution in [0.2, 0.25) is 0 Å². The highest BCUT2D eigenvalue weighted by Gasteiger charge is 2.09. The van der Waals surface area contributed by atoms with Gasteiger partial charge in [-0.2, -0.15) is 0 Å². The van der Waals surface area contributed by atoms with Crippen LogP contribution in [0.4, 0.5) is 4.39 Å². The van der Waals surface area contributed by atoms with Gasteiger partial charge in [-0.1, -0.05) is 42.0 Å². The quantitative estimate of drug-likeness (QED) is 0.415. The topological polar surface area (TPSA) is 17.0 Å². The number of fused-ring (bicyclic) bond motifs is 1. The third-order valence-electron chi connectivity index (χ3n) is 5.46. The van der Waals surface area contributed by atoms with E-state index in [0.29, 0.717) is 0 Å². The van der Waals surface area contributed by atoms with Crippen LogP contribution in [0.15, 0.2) is 66.4 Å². The standard InChI is InChI=1S/C24H27FN2/c25-22-12-10-20(11-13-22)17-27-18-21(23-8-4-5-9-24(23)27)16-26-15-14-19-6-2-1-3-7-19/h4-6,8-13,18,26H,1-3,7,14-17H2. The summed E-state index contributed by atoms with van der Waals surface area (Å²) in [6.07, 6.45) is 11.1. The Hall–Kier alpha value is -2.39. The number of allylic oxidation sites excluding steroid dienone is 1. The lowest BCUT2D eigenvalue weighted by molar-refractivity contribution is 0.626. The number of nitrogens with zero attached hydrogens (tertiary/aromatic N) is 1. The minimum atomic E-state index is -0.186. The van der Waals surface area contributed by atoms with Gasteiger partial charge in [0.25, 0.3) is 0 Å². The van der Waals surface area contributed by atoms with Gasteiger partial charge >= 0.3 is 0 Å². The van der Waals surface area contributed by atoms with E-state index in [1.165, 1.54) is 54.3 Å². The van der Waals surface area contributed by atoms with Gasteiger partial charge < -0.3 is 9.88 Å². The van der Waals surface area contributed by atoms with E-state index in [1.54, 1.807) is 5.57 Å². The van der Waals surface area contributed by atoms with Gasteiger partial charge in [0.2, 0.25) is 0 Å². The van der Waals surface area contributed by atoms with Crippen molar-refractivity contribution >= 4 is 10.9 Å². The van der Waals surface area contributed by atoms with Gasteiger partial charge in [-0.25, -0.2) is 4.39 Å². The van der Waals surface area contributed by atoms with Gasteiger partial charge in [0.1, 0.15) is 5.82 Å². The molecule has 0 bridgehead atoms. The van der Waals surface area contributed by atoms with Gasteiger partial charge in [0.05, 0.1) is 0 Å². The van der Waals surface area contributed by atoms with E-state index in [4.69, 9.17) is 0 Å². The maximum Gasteiger partial charge on any atom is 0.123 e. The second kappa shape index (κ2) is 8.53. The largest absolute Gasteiger partial charge is 0.343 e. The van der Waals surface area contributed by atoms with E-state index in [1.807, 2.05) is 12.1 Å². The van der Waals surface area contributed by atoms with Crippen LogP contribution in [0.5, 0.6) is 0 Å². The summed E-state index contributed by atoms with van der Waals surface area (Å²) in [5, 5.41) is 4.92. The molecule has 0 unspecified atom stereocenters. The van der Waals surface area contributed by atoms with Crippen molar-refractivity contribution in [3.63, 3.8) is 0 Å². The molecule has 2 nitrogen and oxygen atoms in total. The van der Waals surface area contributed by atoms with Crippen LogP contribution in [0.3, 0.4) is 0 Å². The molecule has 1 aliphatic rings. The van der Waals surface area contributed by atoms with Gasteiger partial charge in [0, 0.05) is 30.2 Å². The van der Waals surface area contributed by atoms with Crippen molar-refractivity contribution < 1.29 is 4.39 Å². The van der Waals surface area contributed by atoms with Crippen molar-refractivity contribution in [3.8, 4) is 0 Å². The van der Waals surface area contributed by atoms with Crippen LogP contribution in [0, 0.1) is 5.82 Å². The number of hydrogen-bond donors (Lipinski definition) is 1. The lowest BCUT2D eigenvalue weighted by Gasteiger charge is -2.12. The molecule has 0 atom stereocenters. The molecule has 1 aliphatic carbocycles. The zero-order valence-corrected chi connectivity index (χ0v) is 15.8. The second-order valence-corrected chi connectivity index (χ2v) is 7.46. The van der Waals surface area contributed by atoms with E-state index in [-0.39, 0.29) is 5.82 Å². The van der Waals surface area contributed by atoms with Crippen LogP contribution in [0.1, 0.15) is 43.2 Å². The molecule has 0 aliphatic heterocycles. The van der Waals surface area contributed by atoms with Crippen LogP contribution < -0.4 is 5.32 Å². The second-order valence-electron chi connectivity index (χ2n) is 7.46. The van der Waals surface area contributed by atoms with E-state index >= 15 is 0 Å². The summed E-state index contributed by atoms with van der Waals surface area (Å²) in [6.45, 7) is 2.67. The van der Waals surface area contributed by atoms with Crippen LogP contribution >= 0.6 is 0 Å². The first-order chi connectivity index (χ1) is 13.3. The zero-order valence-electron chi connectivity index (χ0n) is 15.8. The Morgan fingerprint density at radius 3 is 2.67 bits per heavy atom. The maximum absolute atomic E-state index is 13.2. The molecule has 1 aromatic heterocycles. The molecule has 0 saturated heterocycles. The fourth-order valence-corrected chi connectivity index (χ4v) is 3.98. The lowest BCUT2D eigenvalue weighted by Crippen LogP contribution is -2.15. The average Bonchev–Trinajstić information content (AvgIpc) is 3.06. The average molecular weight is 362 g/mol. The van der Waals surface area contributed by atoms with Crippen molar-refractivity contribution in [2.24, 2.45) is 0 Å². The molecule has 4 rings (SSSR count). The molecule has 0 saturated carbocycles. The number of benzene rings is 2. The Morgan fingerprint density at radius 2 is 1.85 bits per heavy atom. The summed E-state index contributed by atoms with van der Waals surface area (Å²) in [5.74, 6) is -0.186. The first-order valence-electron chi connectivity index (χ1n) is 9.99. The third-order valence-corrected chi connectivity index (χ3v) is 5.46. The number of aromatic nitrogens is 1. The third kappa shape index (κ3) is 4.48. The smallest absolute Gasteiger partial charge is 0.123 e. The molecule has 3 aromatic rings. The SMILES string of the molecule is Fc1ccc(Cn2cc(CNCCC3=CCCCC3)c3ccccc32)cc1. The van der Waals surface area contributed by atoms with Gasteiger partial charge in [-0.05, 0) is 68.0 Å². The number of nitrogens with one attached hydrogen (secondary N) is 1. The Morgan fingerprint density at radius 1 is 1.00 bits per heavy atom. The Labute approximate surface area is 160 Å². The molecule has 0 fully saturated rings. The summed E-state index contributed by atoms with van der Waals surface area (Å²) >= 11 is 0. The molecule has 3 heteroatoms. The molecular formula is C24H27FN2. The van der Waals surface area contributed by atoms with Gasteiger partial charge in [0.15, 0.2) is 0 Å². The van der Waals surface area contributed by atoms with Crippen molar-refractivity contribution in [2.45, 2.75) is 45.2 Å². The molecular weight excluding hydrogens is 335 g/mol. The van der Waals surface area contributed by atoms with E-state index in [2.05, 4.69) is 46.4 Å². The first kappa shape index (κ1) is 18.0. The molecule has 0 amide bonds. The molecule has 1 heterocycles. The molecule has 0 spiro atoms. The van der Waals surface area contributed by atoms with E-state index in [9.17, 15) is 4.39 Å². The Kier molecular flexibility index (Phi) is 5.69. The van der Waals surface area contributed by atoms with Crippen molar-refractivity contribution in [1.82, 2.24) is 9.88 Å². The van der Waals surface area contributed by atoms with Gasteiger partial charge in [-0.3, -0.25) is 0 Å². The summed E-state index contributed by atoms with van der Waals surface area (Å²) < 4.78 is 15.4. The van der Waals surface area contributed by atoms with Crippen molar-refractivity contribution in [3.05, 3.63) is 83.3 Å². The summed E-state index contributed by atoms with van der Waals surface area (Å²) in [4.78, 5) is 0. The monoisotopic (exact) mass is 362 g/mol. The summed E-state index contributed by atoms with van der Waals surface area (Å²) in [5.41, 5.74) is 5.28. The van der Waals surface area contributed by atoms with Crippen molar-refractivity contribution in [1.29, 1.82) is 0 Å². The fourth-order valence-electron chi connectivity index (χ4n) is 3.98. The predicted molar refractivity (Wildman–Crippen MR) is 110 cm³/mol. The number of hydrogen-bond acceptors (Lipinski definition) is 1. The maximum atomic E-state index is 13.2. The summed E-state index contributed by atoms with van der Waals surface area (Å²) in [7, 11) is 0. The van der Waals surface area contributed by atoms with Gasteiger partial charge in [-0.15, -0.1) is 0 Å². The number of rotatable bonds is 7. The van der Waals surface area contributed by atoms with E-state index in [0.717, 1.165) is 31.6 Å².